The predicted molar refractivity (Wildman–Crippen MR) is 58.9 cm³/mol. The second kappa shape index (κ2) is 4.58. The number of carbonyl (C=O) groups excluding carboxylic acids is 1. The number of benzene rings is 1. The third kappa shape index (κ3) is 2.98. The number of hydrogen-bond acceptors (Lipinski definition) is 1. The Balaban J connectivity index is 3.09. The number of rotatable bonds is 2. The zero-order valence-corrected chi connectivity index (χ0v) is 9.39. The summed E-state index contributed by atoms with van der Waals surface area (Å²) in [6.07, 6.45) is 2.62. The first-order chi connectivity index (χ1) is 6.13. The largest absolute Gasteiger partial charge is 0.298 e. The first kappa shape index (κ1) is 10.5. The van der Waals surface area contributed by atoms with Crippen LogP contribution in [0.3, 0.4) is 0 Å². The van der Waals surface area contributed by atoms with Crippen LogP contribution < -0.4 is 0 Å². The Hall–Kier alpha value is -0.600. The third-order valence-corrected chi connectivity index (χ3v) is 2.45. The summed E-state index contributed by atoms with van der Waals surface area (Å²) in [5.74, 6) is 0. The van der Waals surface area contributed by atoms with Gasteiger partial charge < -0.3 is 0 Å². The van der Waals surface area contributed by atoms with Crippen LogP contribution >= 0.6 is 27.5 Å². The standard InChI is InChI=1S/C10H8BrClO/c1-7(6-13)4-8-2-3-9(12)5-10(8)11/h2-6H,1H3/b7-4+. The molecule has 13 heavy (non-hydrogen) atoms. The first-order valence-corrected chi connectivity index (χ1v) is 4.89. The van der Waals surface area contributed by atoms with E-state index in [9.17, 15) is 4.79 Å². The molecule has 0 fully saturated rings. The topological polar surface area (TPSA) is 17.1 Å². The van der Waals surface area contributed by atoms with Gasteiger partial charge in [0.2, 0.25) is 0 Å². The Morgan fingerprint density at radius 3 is 2.77 bits per heavy atom. The summed E-state index contributed by atoms with van der Waals surface area (Å²) >= 11 is 9.13. The molecule has 68 valence electrons. The molecule has 1 rings (SSSR count). The van der Waals surface area contributed by atoms with E-state index in [4.69, 9.17) is 11.6 Å². The molecule has 0 N–H and O–H groups in total. The maximum Gasteiger partial charge on any atom is 0.145 e. The van der Waals surface area contributed by atoms with E-state index >= 15 is 0 Å². The lowest BCUT2D eigenvalue weighted by atomic mass is 10.1. The van der Waals surface area contributed by atoms with Crippen molar-refractivity contribution in [2.45, 2.75) is 6.92 Å². The minimum Gasteiger partial charge on any atom is -0.298 e. The van der Waals surface area contributed by atoms with Gasteiger partial charge >= 0.3 is 0 Å². The van der Waals surface area contributed by atoms with Crippen LogP contribution in [0, 0.1) is 0 Å². The van der Waals surface area contributed by atoms with Crippen molar-refractivity contribution < 1.29 is 4.79 Å². The Labute approximate surface area is 90.5 Å². The molecule has 0 saturated heterocycles. The van der Waals surface area contributed by atoms with Gasteiger partial charge in [-0.2, -0.15) is 0 Å². The molecule has 0 heterocycles. The fourth-order valence-corrected chi connectivity index (χ4v) is 1.70. The average molecular weight is 260 g/mol. The maximum atomic E-state index is 10.4. The van der Waals surface area contributed by atoms with E-state index in [0.717, 1.165) is 16.3 Å². The molecule has 0 aliphatic heterocycles. The van der Waals surface area contributed by atoms with Crippen LogP contribution in [0.15, 0.2) is 28.2 Å². The highest BCUT2D eigenvalue weighted by atomic mass is 79.9. The Kier molecular flexibility index (Phi) is 3.70. The molecule has 0 aliphatic rings. The van der Waals surface area contributed by atoms with Crippen molar-refractivity contribution in [3.63, 3.8) is 0 Å². The van der Waals surface area contributed by atoms with Gasteiger partial charge in [0.1, 0.15) is 6.29 Å². The van der Waals surface area contributed by atoms with Gasteiger partial charge in [0.05, 0.1) is 0 Å². The molecule has 0 atom stereocenters. The van der Waals surface area contributed by atoms with Crippen LogP contribution in [0.2, 0.25) is 5.02 Å². The molecular formula is C10H8BrClO. The molecule has 0 aromatic heterocycles. The molecular weight excluding hydrogens is 251 g/mol. The van der Waals surface area contributed by atoms with Crippen molar-refractivity contribution in [2.24, 2.45) is 0 Å². The molecule has 0 saturated carbocycles. The zero-order valence-electron chi connectivity index (χ0n) is 7.05. The summed E-state index contributed by atoms with van der Waals surface area (Å²) in [4.78, 5) is 10.4. The predicted octanol–water partition coefficient (Wildman–Crippen LogP) is 3.70. The van der Waals surface area contributed by atoms with Gasteiger partial charge in [-0.15, -0.1) is 0 Å². The van der Waals surface area contributed by atoms with E-state index in [1.807, 2.05) is 6.07 Å². The van der Waals surface area contributed by atoms with E-state index in [2.05, 4.69) is 15.9 Å². The summed E-state index contributed by atoms with van der Waals surface area (Å²) in [7, 11) is 0. The van der Waals surface area contributed by atoms with Gasteiger partial charge in [-0.1, -0.05) is 33.6 Å². The Morgan fingerprint density at radius 1 is 1.54 bits per heavy atom. The lowest BCUT2D eigenvalue weighted by Gasteiger charge is -1.99. The third-order valence-electron chi connectivity index (χ3n) is 1.53. The van der Waals surface area contributed by atoms with Crippen molar-refractivity contribution in [2.75, 3.05) is 0 Å². The lowest BCUT2D eigenvalue weighted by Crippen LogP contribution is -1.80. The number of hydrogen-bond donors (Lipinski definition) is 0. The van der Waals surface area contributed by atoms with Crippen LogP contribution in [0.4, 0.5) is 0 Å². The lowest BCUT2D eigenvalue weighted by molar-refractivity contribution is -0.104. The van der Waals surface area contributed by atoms with Gasteiger partial charge in [-0.3, -0.25) is 4.79 Å². The van der Waals surface area contributed by atoms with E-state index in [1.165, 1.54) is 0 Å². The molecule has 0 bridgehead atoms. The molecule has 0 spiro atoms. The second-order valence-electron chi connectivity index (χ2n) is 2.67. The second-order valence-corrected chi connectivity index (χ2v) is 3.96. The van der Waals surface area contributed by atoms with Gasteiger partial charge in [-0.05, 0) is 36.3 Å². The Bertz CT molecular complexity index is 358. The number of carbonyl (C=O) groups is 1. The highest BCUT2D eigenvalue weighted by molar-refractivity contribution is 9.10. The van der Waals surface area contributed by atoms with E-state index in [1.54, 1.807) is 25.1 Å². The minimum atomic E-state index is 0.674. The SMILES string of the molecule is C/C(C=O)=C\c1ccc(Cl)cc1Br. The van der Waals surface area contributed by atoms with Crippen LogP contribution in [0.5, 0.6) is 0 Å². The molecule has 0 unspecified atom stereocenters. The van der Waals surface area contributed by atoms with Gasteiger partial charge in [0.25, 0.3) is 0 Å². The van der Waals surface area contributed by atoms with E-state index < -0.39 is 0 Å². The molecule has 0 radical (unpaired) electrons. The molecule has 1 nitrogen and oxygen atoms in total. The van der Waals surface area contributed by atoms with Crippen molar-refractivity contribution >= 4 is 39.9 Å². The number of aldehydes is 1. The zero-order chi connectivity index (χ0) is 9.84. The van der Waals surface area contributed by atoms with Gasteiger partial charge in [0, 0.05) is 9.50 Å². The maximum absolute atomic E-state index is 10.4. The molecule has 3 heteroatoms. The first-order valence-electron chi connectivity index (χ1n) is 3.72. The van der Waals surface area contributed by atoms with Crippen LogP contribution in [0.25, 0.3) is 6.08 Å². The number of halogens is 2. The summed E-state index contributed by atoms with van der Waals surface area (Å²) in [5, 5.41) is 0.674. The van der Waals surface area contributed by atoms with Crippen molar-refractivity contribution in [3.8, 4) is 0 Å². The summed E-state index contributed by atoms with van der Waals surface area (Å²) in [6.45, 7) is 1.76. The van der Waals surface area contributed by atoms with Gasteiger partial charge in [-0.25, -0.2) is 0 Å². The molecule has 0 aliphatic carbocycles. The highest BCUT2D eigenvalue weighted by Crippen LogP contribution is 2.23. The summed E-state index contributed by atoms with van der Waals surface area (Å²) < 4.78 is 0.890. The fourth-order valence-electron chi connectivity index (χ4n) is 0.898. The molecule has 1 aromatic carbocycles. The van der Waals surface area contributed by atoms with Crippen LogP contribution in [-0.4, -0.2) is 6.29 Å². The summed E-state index contributed by atoms with van der Waals surface area (Å²) in [5.41, 5.74) is 1.64. The minimum absolute atomic E-state index is 0.674. The fraction of sp³-hybridized carbons (Fsp3) is 0.100. The smallest absolute Gasteiger partial charge is 0.145 e. The van der Waals surface area contributed by atoms with Crippen LogP contribution in [-0.2, 0) is 4.79 Å². The molecule has 0 amide bonds. The monoisotopic (exact) mass is 258 g/mol. The van der Waals surface area contributed by atoms with E-state index in [0.29, 0.717) is 10.6 Å². The Morgan fingerprint density at radius 2 is 2.23 bits per heavy atom. The average Bonchev–Trinajstić information content (AvgIpc) is 2.09. The van der Waals surface area contributed by atoms with Crippen LogP contribution in [0.1, 0.15) is 12.5 Å². The normalized spacial score (nSPS) is 11.5. The number of allylic oxidation sites excluding steroid dienone is 1. The summed E-state index contributed by atoms with van der Waals surface area (Å²) in [6, 6.07) is 5.45. The van der Waals surface area contributed by atoms with Crippen molar-refractivity contribution in [3.05, 3.63) is 38.8 Å². The van der Waals surface area contributed by atoms with E-state index in [-0.39, 0.29) is 0 Å². The van der Waals surface area contributed by atoms with Crippen molar-refractivity contribution in [1.29, 1.82) is 0 Å². The van der Waals surface area contributed by atoms with Gasteiger partial charge in [0.15, 0.2) is 0 Å². The quantitative estimate of drug-likeness (QED) is 0.584. The van der Waals surface area contributed by atoms with Crippen molar-refractivity contribution in [1.82, 2.24) is 0 Å². The highest BCUT2D eigenvalue weighted by Gasteiger charge is 1.97. The molecule has 1 aromatic rings.